The standard InChI is InChI=1S/C18H32O14/c1-4-7(20)9(22)11(24)17(29-4)31-14-5(2)28-16(27)15(13(14)26)32-18-12(25)10(23)8(21)6(3-19)30-18/h4-27H,3H2,1-2H3/t4-,5-,6-,7-,8-,9+,10+,11-,12-,13+,14-,15-,16?,17+,18+/m1/s1. The van der Waals surface area contributed by atoms with Crippen LogP contribution in [0.1, 0.15) is 13.8 Å². The summed E-state index contributed by atoms with van der Waals surface area (Å²) in [4.78, 5) is 0. The Morgan fingerprint density at radius 3 is 1.69 bits per heavy atom. The molecule has 0 aromatic carbocycles. The SMILES string of the molecule is C[C@H]1O[C@@H](O[C@H]2[C@H](O)[C@@H](O[C@@H]3O[C@H](CO)[C@@H](O)[C@H](O)[C@H]3O)C(O)O[C@@H]2C)[C@H](O)[C@@H](O)[C@@H]1O. The molecule has 0 spiro atoms. The van der Waals surface area contributed by atoms with E-state index in [4.69, 9.17) is 23.7 Å². The lowest BCUT2D eigenvalue weighted by Gasteiger charge is -2.47. The van der Waals surface area contributed by atoms with E-state index >= 15 is 0 Å². The molecular formula is C18H32O14. The summed E-state index contributed by atoms with van der Waals surface area (Å²) in [5.41, 5.74) is 0. The van der Waals surface area contributed by atoms with Gasteiger partial charge in [-0.1, -0.05) is 0 Å². The molecule has 0 amide bonds. The largest absolute Gasteiger partial charge is 0.394 e. The number of hydrogen-bond donors (Lipinski definition) is 9. The minimum Gasteiger partial charge on any atom is -0.394 e. The fourth-order valence-electron chi connectivity index (χ4n) is 3.96. The summed E-state index contributed by atoms with van der Waals surface area (Å²) < 4.78 is 26.9. The third kappa shape index (κ3) is 4.94. The third-order valence-corrected chi connectivity index (χ3v) is 6.01. The van der Waals surface area contributed by atoms with Crippen molar-refractivity contribution >= 4 is 0 Å². The summed E-state index contributed by atoms with van der Waals surface area (Å²) >= 11 is 0. The fraction of sp³-hybridized carbons (Fsp3) is 1.00. The van der Waals surface area contributed by atoms with Gasteiger partial charge in [-0.25, -0.2) is 0 Å². The minimum absolute atomic E-state index is 0.705. The van der Waals surface area contributed by atoms with Crippen LogP contribution in [0, 0.1) is 0 Å². The number of hydrogen-bond acceptors (Lipinski definition) is 14. The summed E-state index contributed by atoms with van der Waals surface area (Å²) in [5, 5.41) is 90.1. The van der Waals surface area contributed by atoms with Crippen LogP contribution < -0.4 is 0 Å². The van der Waals surface area contributed by atoms with E-state index in [2.05, 4.69) is 0 Å². The van der Waals surface area contributed by atoms with Gasteiger partial charge in [0.15, 0.2) is 18.9 Å². The Balaban J connectivity index is 1.71. The van der Waals surface area contributed by atoms with Crippen LogP contribution in [0.3, 0.4) is 0 Å². The molecule has 3 heterocycles. The van der Waals surface area contributed by atoms with Gasteiger partial charge in [0.25, 0.3) is 0 Å². The predicted molar refractivity (Wildman–Crippen MR) is 98.4 cm³/mol. The molecule has 0 aromatic heterocycles. The van der Waals surface area contributed by atoms with Crippen molar-refractivity contribution in [3.05, 3.63) is 0 Å². The van der Waals surface area contributed by atoms with Gasteiger partial charge in [0.05, 0.1) is 18.8 Å². The Morgan fingerprint density at radius 1 is 0.562 bits per heavy atom. The molecule has 32 heavy (non-hydrogen) atoms. The Morgan fingerprint density at radius 2 is 1.09 bits per heavy atom. The van der Waals surface area contributed by atoms with Crippen molar-refractivity contribution in [1.82, 2.24) is 0 Å². The van der Waals surface area contributed by atoms with Crippen LogP contribution in [-0.4, -0.2) is 145 Å². The van der Waals surface area contributed by atoms with Crippen molar-refractivity contribution in [3.8, 4) is 0 Å². The molecule has 9 N–H and O–H groups in total. The Kier molecular flexibility index (Phi) is 8.44. The number of ether oxygens (including phenoxy) is 5. The van der Waals surface area contributed by atoms with Crippen molar-refractivity contribution in [2.75, 3.05) is 6.61 Å². The highest BCUT2D eigenvalue weighted by molar-refractivity contribution is 4.94. The summed E-state index contributed by atoms with van der Waals surface area (Å²) in [5.74, 6) is 0. The summed E-state index contributed by atoms with van der Waals surface area (Å²) in [6.45, 7) is 2.19. The number of aliphatic hydroxyl groups is 9. The van der Waals surface area contributed by atoms with Crippen molar-refractivity contribution in [3.63, 3.8) is 0 Å². The van der Waals surface area contributed by atoms with Crippen LogP contribution in [0.2, 0.25) is 0 Å². The maximum atomic E-state index is 10.8. The lowest BCUT2D eigenvalue weighted by atomic mass is 9.96. The maximum Gasteiger partial charge on any atom is 0.187 e. The molecule has 3 saturated heterocycles. The highest BCUT2D eigenvalue weighted by Crippen LogP contribution is 2.32. The maximum absolute atomic E-state index is 10.8. The molecule has 3 fully saturated rings. The zero-order valence-corrected chi connectivity index (χ0v) is 17.4. The lowest BCUT2D eigenvalue weighted by Crippen LogP contribution is -2.65. The second-order valence-corrected chi connectivity index (χ2v) is 8.30. The normalized spacial score (nSPS) is 55.0. The van der Waals surface area contributed by atoms with Gasteiger partial charge >= 0.3 is 0 Å². The van der Waals surface area contributed by atoms with E-state index in [0.717, 1.165) is 0 Å². The zero-order valence-electron chi connectivity index (χ0n) is 17.4. The smallest absolute Gasteiger partial charge is 0.187 e. The molecule has 3 rings (SSSR count). The molecule has 1 unspecified atom stereocenters. The number of aliphatic hydroxyl groups excluding tert-OH is 9. The monoisotopic (exact) mass is 472 g/mol. The van der Waals surface area contributed by atoms with Crippen LogP contribution >= 0.6 is 0 Å². The van der Waals surface area contributed by atoms with Gasteiger partial charge in [-0.3, -0.25) is 0 Å². The van der Waals surface area contributed by atoms with Crippen LogP contribution in [0.25, 0.3) is 0 Å². The molecular weight excluding hydrogens is 440 g/mol. The van der Waals surface area contributed by atoms with E-state index in [9.17, 15) is 46.0 Å². The van der Waals surface area contributed by atoms with Gasteiger partial charge in [0, 0.05) is 0 Å². The average molecular weight is 472 g/mol. The molecule has 0 saturated carbocycles. The summed E-state index contributed by atoms with van der Waals surface area (Å²) in [6, 6.07) is 0. The molecule has 14 heteroatoms. The summed E-state index contributed by atoms with van der Waals surface area (Å²) in [6.07, 6.45) is -22.2. The average Bonchev–Trinajstić information content (AvgIpc) is 2.75. The molecule has 0 bridgehead atoms. The molecule has 3 aliphatic rings. The Labute approximate surface area is 183 Å². The van der Waals surface area contributed by atoms with E-state index in [1.54, 1.807) is 0 Å². The van der Waals surface area contributed by atoms with Crippen molar-refractivity contribution < 1.29 is 69.6 Å². The van der Waals surface area contributed by atoms with E-state index in [1.807, 2.05) is 0 Å². The molecule has 14 nitrogen and oxygen atoms in total. The van der Waals surface area contributed by atoms with Crippen LogP contribution in [-0.2, 0) is 23.7 Å². The Hall–Kier alpha value is -0.560. The predicted octanol–water partition coefficient (Wildman–Crippen LogP) is -5.52. The molecule has 3 aliphatic heterocycles. The Bertz CT molecular complexity index is 608. The zero-order chi connectivity index (χ0) is 23.9. The first-order valence-electron chi connectivity index (χ1n) is 10.3. The number of rotatable bonds is 5. The van der Waals surface area contributed by atoms with Gasteiger partial charge < -0.3 is 69.6 Å². The van der Waals surface area contributed by atoms with Gasteiger partial charge in [0.1, 0.15) is 61.0 Å². The second kappa shape index (κ2) is 10.4. The van der Waals surface area contributed by atoms with Gasteiger partial charge in [-0.15, -0.1) is 0 Å². The fourth-order valence-corrected chi connectivity index (χ4v) is 3.96. The van der Waals surface area contributed by atoms with Crippen LogP contribution in [0.15, 0.2) is 0 Å². The lowest BCUT2D eigenvalue weighted by molar-refractivity contribution is -0.378. The first-order chi connectivity index (χ1) is 15.0. The van der Waals surface area contributed by atoms with E-state index in [1.165, 1.54) is 13.8 Å². The van der Waals surface area contributed by atoms with Crippen molar-refractivity contribution in [1.29, 1.82) is 0 Å². The second-order valence-electron chi connectivity index (χ2n) is 8.30. The first kappa shape index (κ1) is 26.1. The molecule has 0 radical (unpaired) electrons. The van der Waals surface area contributed by atoms with Crippen LogP contribution in [0.4, 0.5) is 0 Å². The van der Waals surface area contributed by atoms with Crippen molar-refractivity contribution in [2.45, 2.75) is 106 Å². The third-order valence-electron chi connectivity index (χ3n) is 6.01. The van der Waals surface area contributed by atoms with E-state index < -0.39 is 98.7 Å². The highest BCUT2D eigenvalue weighted by atomic mass is 16.7. The van der Waals surface area contributed by atoms with Gasteiger partial charge in [-0.2, -0.15) is 0 Å². The van der Waals surface area contributed by atoms with Gasteiger partial charge in [-0.05, 0) is 13.8 Å². The van der Waals surface area contributed by atoms with Gasteiger partial charge in [0.2, 0.25) is 0 Å². The molecule has 15 atom stereocenters. The summed E-state index contributed by atoms with van der Waals surface area (Å²) in [7, 11) is 0. The molecule has 188 valence electrons. The van der Waals surface area contributed by atoms with E-state index in [-0.39, 0.29) is 0 Å². The highest BCUT2D eigenvalue weighted by Gasteiger charge is 2.52. The quantitative estimate of drug-likeness (QED) is 0.182. The van der Waals surface area contributed by atoms with Crippen LogP contribution in [0.5, 0.6) is 0 Å². The van der Waals surface area contributed by atoms with Crippen molar-refractivity contribution in [2.24, 2.45) is 0 Å². The molecule has 0 aromatic rings. The topological polar surface area (TPSA) is 228 Å². The first-order valence-corrected chi connectivity index (χ1v) is 10.3. The minimum atomic E-state index is -1.79. The van der Waals surface area contributed by atoms with E-state index in [0.29, 0.717) is 0 Å². The molecule has 0 aliphatic carbocycles.